The van der Waals surface area contributed by atoms with Crippen molar-refractivity contribution in [3.63, 3.8) is 0 Å². The van der Waals surface area contributed by atoms with E-state index < -0.39 is 0 Å². The number of aromatic amines is 1. The molecule has 0 radical (unpaired) electrons. The number of hydrogen-bond acceptors (Lipinski definition) is 4. The first kappa shape index (κ1) is 7.97. The maximum Gasteiger partial charge on any atom is 0.265 e. The van der Waals surface area contributed by atoms with E-state index in [2.05, 4.69) is 20.2 Å². The average Bonchev–Trinajstić information content (AvgIpc) is 2.71. The third-order valence-corrected chi connectivity index (χ3v) is 1.70. The van der Waals surface area contributed by atoms with Crippen molar-refractivity contribution in [2.75, 3.05) is 0 Å². The zero-order valence-electron chi connectivity index (χ0n) is 7.53. The molecule has 0 aliphatic heterocycles. The Kier molecular flexibility index (Phi) is 1.84. The quantitative estimate of drug-likeness (QED) is 0.753. The first-order chi connectivity index (χ1) is 6.29. The lowest BCUT2D eigenvalue weighted by molar-refractivity contribution is 0.511. The molecule has 2 aromatic rings. The van der Waals surface area contributed by atoms with E-state index in [0.717, 1.165) is 17.9 Å². The fraction of sp³-hybridized carbons (Fsp3) is 0.375. The van der Waals surface area contributed by atoms with Gasteiger partial charge in [-0.15, -0.1) is 10.2 Å². The summed E-state index contributed by atoms with van der Waals surface area (Å²) in [6.07, 6.45) is 2.43. The summed E-state index contributed by atoms with van der Waals surface area (Å²) >= 11 is 0. The number of H-pyrrole nitrogens is 1. The van der Waals surface area contributed by atoms with Crippen LogP contribution < -0.4 is 0 Å². The van der Waals surface area contributed by atoms with E-state index in [-0.39, 0.29) is 0 Å². The van der Waals surface area contributed by atoms with Crippen molar-refractivity contribution in [3.05, 3.63) is 17.9 Å². The van der Waals surface area contributed by atoms with Gasteiger partial charge in [-0.25, -0.2) is 4.98 Å². The lowest BCUT2D eigenvalue weighted by Gasteiger charge is -1.85. The molecule has 0 amide bonds. The monoisotopic (exact) mass is 178 g/mol. The summed E-state index contributed by atoms with van der Waals surface area (Å²) in [5, 5.41) is 7.74. The van der Waals surface area contributed by atoms with Gasteiger partial charge in [-0.1, -0.05) is 6.92 Å². The summed E-state index contributed by atoms with van der Waals surface area (Å²) in [7, 11) is 0. The molecular formula is C8H10N4O. The SMILES string of the molecule is CCc1nnc(-c2cnc(C)[nH]2)o1. The zero-order valence-corrected chi connectivity index (χ0v) is 7.53. The Bertz CT molecular complexity index is 404. The number of imidazole rings is 1. The second-order valence-electron chi connectivity index (χ2n) is 2.74. The van der Waals surface area contributed by atoms with Gasteiger partial charge in [-0.3, -0.25) is 0 Å². The van der Waals surface area contributed by atoms with Gasteiger partial charge < -0.3 is 9.40 Å². The van der Waals surface area contributed by atoms with Crippen molar-refractivity contribution in [2.45, 2.75) is 20.3 Å². The maximum absolute atomic E-state index is 5.34. The van der Waals surface area contributed by atoms with Crippen LogP contribution in [-0.4, -0.2) is 20.2 Å². The third-order valence-electron chi connectivity index (χ3n) is 1.70. The van der Waals surface area contributed by atoms with Crippen LogP contribution >= 0.6 is 0 Å². The predicted molar refractivity (Wildman–Crippen MR) is 46.0 cm³/mol. The maximum atomic E-state index is 5.34. The van der Waals surface area contributed by atoms with Crippen molar-refractivity contribution in [1.29, 1.82) is 0 Å². The second-order valence-corrected chi connectivity index (χ2v) is 2.74. The minimum Gasteiger partial charge on any atom is -0.419 e. The molecule has 5 heteroatoms. The summed E-state index contributed by atoms with van der Waals surface area (Å²) < 4.78 is 5.34. The third kappa shape index (κ3) is 1.44. The molecule has 0 atom stereocenters. The number of hydrogen-bond donors (Lipinski definition) is 1. The summed E-state index contributed by atoms with van der Waals surface area (Å²) in [6, 6.07) is 0. The molecule has 2 heterocycles. The number of rotatable bonds is 2. The molecule has 13 heavy (non-hydrogen) atoms. The highest BCUT2D eigenvalue weighted by Crippen LogP contribution is 2.14. The lowest BCUT2D eigenvalue weighted by Crippen LogP contribution is -1.77. The van der Waals surface area contributed by atoms with E-state index in [1.807, 2.05) is 13.8 Å². The van der Waals surface area contributed by atoms with Crippen LogP contribution in [0.1, 0.15) is 18.6 Å². The largest absolute Gasteiger partial charge is 0.419 e. The summed E-state index contributed by atoms with van der Waals surface area (Å²) in [4.78, 5) is 7.07. The first-order valence-electron chi connectivity index (χ1n) is 4.14. The molecule has 0 saturated carbocycles. The lowest BCUT2D eigenvalue weighted by atomic mass is 10.5. The topological polar surface area (TPSA) is 67.6 Å². The molecule has 2 aromatic heterocycles. The highest BCUT2D eigenvalue weighted by molar-refractivity contribution is 5.44. The number of nitrogens with zero attached hydrogens (tertiary/aromatic N) is 3. The average molecular weight is 178 g/mol. The Morgan fingerprint density at radius 1 is 1.46 bits per heavy atom. The van der Waals surface area contributed by atoms with Gasteiger partial charge in [0.25, 0.3) is 5.89 Å². The van der Waals surface area contributed by atoms with Crippen LogP contribution in [0.5, 0.6) is 0 Å². The summed E-state index contributed by atoms with van der Waals surface area (Å²) in [6.45, 7) is 3.84. The van der Waals surface area contributed by atoms with Gasteiger partial charge >= 0.3 is 0 Å². The van der Waals surface area contributed by atoms with Crippen molar-refractivity contribution >= 4 is 0 Å². The molecule has 0 fully saturated rings. The Morgan fingerprint density at radius 2 is 2.31 bits per heavy atom. The highest BCUT2D eigenvalue weighted by atomic mass is 16.4. The van der Waals surface area contributed by atoms with Crippen molar-refractivity contribution in [1.82, 2.24) is 20.2 Å². The smallest absolute Gasteiger partial charge is 0.265 e. The fourth-order valence-electron chi connectivity index (χ4n) is 1.03. The van der Waals surface area contributed by atoms with E-state index in [0.29, 0.717) is 11.8 Å². The predicted octanol–water partition coefficient (Wildman–Crippen LogP) is 1.33. The number of aromatic nitrogens is 4. The molecule has 0 unspecified atom stereocenters. The Morgan fingerprint density at radius 3 is 2.85 bits per heavy atom. The molecule has 0 bridgehead atoms. The fourth-order valence-corrected chi connectivity index (χ4v) is 1.03. The van der Waals surface area contributed by atoms with Crippen LogP contribution in [0.3, 0.4) is 0 Å². The molecule has 2 rings (SSSR count). The van der Waals surface area contributed by atoms with E-state index >= 15 is 0 Å². The highest BCUT2D eigenvalue weighted by Gasteiger charge is 2.08. The van der Waals surface area contributed by atoms with Crippen molar-refractivity contribution in [3.8, 4) is 11.6 Å². The Balaban J connectivity index is 2.35. The minimum atomic E-state index is 0.498. The van der Waals surface area contributed by atoms with Gasteiger partial charge in [0, 0.05) is 6.42 Å². The molecular weight excluding hydrogens is 168 g/mol. The molecule has 0 aromatic carbocycles. The van der Waals surface area contributed by atoms with Gasteiger partial charge in [0.1, 0.15) is 11.5 Å². The summed E-state index contributed by atoms with van der Waals surface area (Å²) in [5.74, 6) is 1.98. The van der Waals surface area contributed by atoms with Crippen LogP contribution in [-0.2, 0) is 6.42 Å². The molecule has 5 nitrogen and oxygen atoms in total. The van der Waals surface area contributed by atoms with Gasteiger partial charge in [-0.2, -0.15) is 0 Å². The van der Waals surface area contributed by atoms with Crippen LogP contribution in [0.15, 0.2) is 10.6 Å². The molecule has 0 aliphatic carbocycles. The Labute approximate surface area is 75.2 Å². The van der Waals surface area contributed by atoms with Gasteiger partial charge in [0.05, 0.1) is 6.20 Å². The van der Waals surface area contributed by atoms with Crippen LogP contribution in [0.4, 0.5) is 0 Å². The van der Waals surface area contributed by atoms with Crippen LogP contribution in [0.25, 0.3) is 11.6 Å². The standard InChI is InChI=1S/C8H10N4O/c1-3-7-11-12-8(13-7)6-4-9-5(2)10-6/h4H,3H2,1-2H3,(H,9,10). The number of aryl methyl sites for hydroxylation is 2. The van der Waals surface area contributed by atoms with Crippen LogP contribution in [0.2, 0.25) is 0 Å². The van der Waals surface area contributed by atoms with E-state index in [1.54, 1.807) is 6.20 Å². The first-order valence-corrected chi connectivity index (χ1v) is 4.14. The second kappa shape index (κ2) is 3.01. The van der Waals surface area contributed by atoms with E-state index in [9.17, 15) is 0 Å². The molecule has 68 valence electrons. The molecule has 0 spiro atoms. The molecule has 1 N–H and O–H groups in total. The van der Waals surface area contributed by atoms with E-state index in [4.69, 9.17) is 4.42 Å². The van der Waals surface area contributed by atoms with Gasteiger partial charge in [0.2, 0.25) is 5.89 Å². The normalized spacial score (nSPS) is 10.6. The van der Waals surface area contributed by atoms with Crippen molar-refractivity contribution in [2.24, 2.45) is 0 Å². The van der Waals surface area contributed by atoms with Gasteiger partial charge in [0.15, 0.2) is 0 Å². The van der Waals surface area contributed by atoms with E-state index in [1.165, 1.54) is 0 Å². The van der Waals surface area contributed by atoms with Crippen molar-refractivity contribution < 1.29 is 4.42 Å². The molecule has 0 aliphatic rings. The van der Waals surface area contributed by atoms with Gasteiger partial charge in [-0.05, 0) is 6.92 Å². The zero-order chi connectivity index (χ0) is 9.26. The minimum absolute atomic E-state index is 0.498. The van der Waals surface area contributed by atoms with Crippen LogP contribution in [0, 0.1) is 6.92 Å². The Hall–Kier alpha value is -1.65. The molecule has 0 saturated heterocycles. The summed E-state index contributed by atoms with van der Waals surface area (Å²) in [5.41, 5.74) is 0.768. The number of nitrogens with one attached hydrogen (secondary N) is 1.